The molecule has 1 saturated heterocycles. The summed E-state index contributed by atoms with van der Waals surface area (Å²) in [5, 5.41) is 0.519. The van der Waals surface area contributed by atoms with Crippen molar-refractivity contribution in [2.24, 2.45) is 0 Å². The average molecular weight is 305 g/mol. The molecule has 1 atom stereocenters. The number of anilines is 1. The monoisotopic (exact) mass is 303 g/mol. The third-order valence-corrected chi connectivity index (χ3v) is 3.73. The summed E-state index contributed by atoms with van der Waals surface area (Å²) in [5.41, 5.74) is 0.817. The topological polar surface area (TPSA) is 29.5 Å². The molecule has 0 aliphatic carbocycles. The Kier molecular flexibility index (Phi) is 3.40. The second-order valence-electron chi connectivity index (χ2n) is 3.56. The van der Waals surface area contributed by atoms with E-state index < -0.39 is 0 Å². The van der Waals surface area contributed by atoms with Crippen molar-refractivity contribution in [2.45, 2.75) is 11.2 Å². The number of ether oxygens (including phenoxy) is 1. The average Bonchev–Trinajstić information content (AvgIpc) is 2.60. The van der Waals surface area contributed by atoms with Crippen molar-refractivity contribution in [1.29, 1.82) is 0 Å². The molecule has 0 spiro atoms. The molecule has 1 aromatic carbocycles. The van der Waals surface area contributed by atoms with E-state index in [1.165, 1.54) is 0 Å². The molecule has 1 heterocycles. The summed E-state index contributed by atoms with van der Waals surface area (Å²) in [4.78, 5) is 13.4. The van der Waals surface area contributed by atoms with E-state index in [0.29, 0.717) is 10.8 Å². The fourth-order valence-corrected chi connectivity index (χ4v) is 2.43. The van der Waals surface area contributed by atoms with Gasteiger partial charge in [-0.2, -0.15) is 0 Å². The highest BCUT2D eigenvalue weighted by molar-refractivity contribution is 9.10. The number of amides is 1. The van der Waals surface area contributed by atoms with Crippen LogP contribution in [0.5, 0.6) is 5.75 Å². The summed E-state index contributed by atoms with van der Waals surface area (Å²) < 4.78 is 5.07. The van der Waals surface area contributed by atoms with Gasteiger partial charge in [0.2, 0.25) is 5.91 Å². The molecule has 5 heteroatoms. The van der Waals surface area contributed by atoms with Gasteiger partial charge >= 0.3 is 0 Å². The van der Waals surface area contributed by atoms with Crippen molar-refractivity contribution < 1.29 is 9.53 Å². The molecule has 1 aromatic rings. The van der Waals surface area contributed by atoms with Crippen molar-refractivity contribution in [3.05, 3.63) is 23.2 Å². The van der Waals surface area contributed by atoms with E-state index in [4.69, 9.17) is 16.3 Å². The first-order valence-corrected chi connectivity index (χ1v) is 6.22. The predicted octanol–water partition coefficient (Wildman–Crippen LogP) is 2.85. The number of carbonyl (C=O) groups excluding carboxylic acids is 1. The first-order valence-electron chi connectivity index (χ1n) is 4.92. The third-order valence-electron chi connectivity index (χ3n) is 2.59. The van der Waals surface area contributed by atoms with E-state index in [0.717, 1.165) is 18.7 Å². The minimum absolute atomic E-state index is 0.0756. The van der Waals surface area contributed by atoms with Crippen LogP contribution >= 0.6 is 27.5 Å². The number of rotatable bonds is 2. The van der Waals surface area contributed by atoms with Gasteiger partial charge in [-0.1, -0.05) is 27.5 Å². The van der Waals surface area contributed by atoms with Crippen molar-refractivity contribution in [3.63, 3.8) is 0 Å². The lowest BCUT2D eigenvalue weighted by Gasteiger charge is -2.16. The molecular formula is C11H11BrClNO2. The molecule has 2 rings (SSSR count). The standard InChI is InChI=1S/C11H11BrClNO2/c1-16-10-3-2-7(6-9(10)13)14-5-4-8(12)11(14)15/h2-3,6,8H,4-5H2,1H3. The molecule has 1 aliphatic rings. The van der Waals surface area contributed by atoms with Crippen LogP contribution in [0.25, 0.3) is 0 Å². The zero-order valence-corrected chi connectivity index (χ0v) is 11.1. The lowest BCUT2D eigenvalue weighted by Crippen LogP contribution is -2.26. The minimum Gasteiger partial charge on any atom is -0.495 e. The molecule has 3 nitrogen and oxygen atoms in total. The quantitative estimate of drug-likeness (QED) is 0.786. The molecule has 0 N–H and O–H groups in total. The van der Waals surface area contributed by atoms with Crippen LogP contribution in [0, 0.1) is 0 Å². The van der Waals surface area contributed by atoms with Gasteiger partial charge in [0.05, 0.1) is 17.0 Å². The lowest BCUT2D eigenvalue weighted by atomic mass is 10.3. The first-order chi connectivity index (χ1) is 7.63. The molecule has 1 aliphatic heterocycles. The Hall–Kier alpha value is -0.740. The van der Waals surface area contributed by atoms with E-state index in [1.54, 1.807) is 24.1 Å². The van der Waals surface area contributed by atoms with Gasteiger partial charge in [-0.25, -0.2) is 0 Å². The molecule has 1 fully saturated rings. The molecule has 0 aromatic heterocycles. The van der Waals surface area contributed by atoms with Gasteiger partial charge in [0, 0.05) is 12.2 Å². The second kappa shape index (κ2) is 4.63. The molecule has 86 valence electrons. The number of hydrogen-bond acceptors (Lipinski definition) is 2. The smallest absolute Gasteiger partial charge is 0.240 e. The number of hydrogen-bond donors (Lipinski definition) is 0. The fourth-order valence-electron chi connectivity index (χ4n) is 1.72. The molecule has 1 unspecified atom stereocenters. The van der Waals surface area contributed by atoms with Gasteiger partial charge < -0.3 is 9.64 Å². The van der Waals surface area contributed by atoms with E-state index in [9.17, 15) is 4.79 Å². The van der Waals surface area contributed by atoms with Crippen LogP contribution in [-0.4, -0.2) is 24.4 Å². The summed E-state index contributed by atoms with van der Waals surface area (Å²) in [5.74, 6) is 0.702. The van der Waals surface area contributed by atoms with E-state index >= 15 is 0 Å². The number of nitrogens with zero attached hydrogens (tertiary/aromatic N) is 1. The van der Waals surface area contributed by atoms with Gasteiger partial charge in [-0.05, 0) is 24.6 Å². The lowest BCUT2D eigenvalue weighted by molar-refractivity contribution is -0.116. The Balaban J connectivity index is 2.28. The SMILES string of the molecule is COc1ccc(N2CCC(Br)C2=O)cc1Cl. The predicted molar refractivity (Wildman–Crippen MR) is 67.7 cm³/mol. The van der Waals surface area contributed by atoms with Gasteiger partial charge in [-0.3, -0.25) is 4.79 Å². The van der Waals surface area contributed by atoms with Gasteiger partial charge in [0.25, 0.3) is 0 Å². The first kappa shape index (κ1) is 11.7. The maximum atomic E-state index is 11.8. The van der Waals surface area contributed by atoms with Crippen LogP contribution in [0.1, 0.15) is 6.42 Å². The zero-order chi connectivity index (χ0) is 11.7. The highest BCUT2D eigenvalue weighted by Crippen LogP contribution is 2.32. The van der Waals surface area contributed by atoms with E-state index in [1.807, 2.05) is 6.07 Å². The van der Waals surface area contributed by atoms with Crippen molar-refractivity contribution in [3.8, 4) is 5.75 Å². The van der Waals surface area contributed by atoms with Gasteiger partial charge in [0.15, 0.2) is 0 Å². The summed E-state index contributed by atoms with van der Waals surface area (Å²) >= 11 is 9.36. The number of alkyl halides is 1. The molecular weight excluding hydrogens is 293 g/mol. The number of carbonyl (C=O) groups is 1. The Labute approximate surface area is 107 Å². The van der Waals surface area contributed by atoms with Crippen LogP contribution in [0.2, 0.25) is 5.02 Å². The second-order valence-corrected chi connectivity index (χ2v) is 5.08. The van der Waals surface area contributed by atoms with Crippen molar-refractivity contribution in [2.75, 3.05) is 18.6 Å². The normalized spacial score (nSPS) is 20.3. The highest BCUT2D eigenvalue weighted by Gasteiger charge is 2.30. The maximum Gasteiger partial charge on any atom is 0.240 e. The highest BCUT2D eigenvalue weighted by atomic mass is 79.9. The summed E-state index contributed by atoms with van der Waals surface area (Å²) in [6.07, 6.45) is 0.822. The fraction of sp³-hybridized carbons (Fsp3) is 0.364. The number of benzene rings is 1. The van der Waals surface area contributed by atoms with E-state index in [-0.39, 0.29) is 10.7 Å². The van der Waals surface area contributed by atoms with Gasteiger partial charge in [-0.15, -0.1) is 0 Å². The Morgan fingerprint density at radius 3 is 2.81 bits per heavy atom. The van der Waals surface area contributed by atoms with Crippen molar-refractivity contribution >= 4 is 39.1 Å². The summed E-state index contributed by atoms with van der Waals surface area (Å²) in [6, 6.07) is 5.36. The number of halogens is 2. The van der Waals surface area contributed by atoms with Crippen molar-refractivity contribution in [1.82, 2.24) is 0 Å². The Morgan fingerprint density at radius 1 is 1.56 bits per heavy atom. The largest absolute Gasteiger partial charge is 0.495 e. The minimum atomic E-state index is -0.0756. The van der Waals surface area contributed by atoms with Crippen LogP contribution in [-0.2, 0) is 4.79 Å². The van der Waals surface area contributed by atoms with Crippen LogP contribution in [0.15, 0.2) is 18.2 Å². The number of methoxy groups -OCH3 is 1. The van der Waals surface area contributed by atoms with Gasteiger partial charge in [0.1, 0.15) is 5.75 Å². The summed E-state index contributed by atoms with van der Waals surface area (Å²) in [7, 11) is 1.57. The van der Waals surface area contributed by atoms with Crippen LogP contribution in [0.3, 0.4) is 0 Å². The Bertz CT molecular complexity index is 424. The van der Waals surface area contributed by atoms with Crippen LogP contribution in [0.4, 0.5) is 5.69 Å². The van der Waals surface area contributed by atoms with E-state index in [2.05, 4.69) is 15.9 Å². The molecule has 16 heavy (non-hydrogen) atoms. The maximum absolute atomic E-state index is 11.8. The molecule has 1 amide bonds. The molecule has 0 radical (unpaired) electrons. The Morgan fingerprint density at radius 2 is 2.31 bits per heavy atom. The zero-order valence-electron chi connectivity index (χ0n) is 8.74. The summed E-state index contributed by atoms with van der Waals surface area (Å²) in [6.45, 7) is 0.720. The third kappa shape index (κ3) is 2.04. The van der Waals surface area contributed by atoms with Crippen LogP contribution < -0.4 is 9.64 Å². The molecule has 0 bridgehead atoms. The molecule has 0 saturated carbocycles.